The van der Waals surface area contributed by atoms with Crippen LogP contribution in [0.15, 0.2) is 130 Å². The maximum absolute atomic E-state index is 3.73. The molecule has 5 heteroatoms. The molecule has 0 spiro atoms. The minimum Gasteiger partial charge on any atom is -0.309 e. The lowest BCUT2D eigenvalue weighted by Gasteiger charge is -2.07. The molecule has 0 N–H and O–H groups in total. The van der Waals surface area contributed by atoms with Crippen molar-refractivity contribution in [2.24, 2.45) is 0 Å². The van der Waals surface area contributed by atoms with Crippen LogP contribution in [-0.2, 0) is 0 Å². The van der Waals surface area contributed by atoms with E-state index >= 15 is 0 Å². The van der Waals surface area contributed by atoms with Gasteiger partial charge in [0.25, 0.3) is 0 Å². The molecule has 0 atom stereocenters. The molecule has 0 amide bonds. The van der Waals surface area contributed by atoms with Gasteiger partial charge in [0, 0.05) is 62.0 Å². The van der Waals surface area contributed by atoms with Crippen LogP contribution in [0.4, 0.5) is 0 Å². The zero-order valence-electron chi connectivity index (χ0n) is 21.6. The molecule has 9 rings (SSSR count). The summed E-state index contributed by atoms with van der Waals surface area (Å²) in [5, 5.41) is 7.67. The topological polar surface area (TPSA) is 9.86 Å². The van der Waals surface area contributed by atoms with E-state index in [0.717, 1.165) is 8.95 Å². The predicted octanol–water partition coefficient (Wildman–Crippen LogP) is 11.8. The first-order valence-electron chi connectivity index (χ1n) is 13.5. The van der Waals surface area contributed by atoms with Gasteiger partial charge in [-0.15, -0.1) is 11.3 Å². The van der Waals surface area contributed by atoms with Crippen LogP contribution in [0.5, 0.6) is 0 Å². The van der Waals surface area contributed by atoms with Crippen LogP contribution in [0.25, 0.3) is 75.2 Å². The standard InChI is InChI=1S/C36H20Br2N2S/c37-21-11-13-31-25(15-21)27-17-29-30-18-28-26-16-22(38)12-14-32(26)40(24-9-5-2-6-10-24)34(28)20-36(30)41-35(29)19-33(27)39(31)23-7-3-1-4-8-23/h1-20H. The number of nitrogens with zero attached hydrogens (tertiary/aromatic N) is 2. The Morgan fingerprint density at radius 1 is 0.390 bits per heavy atom. The molecule has 9 aromatic rings. The van der Waals surface area contributed by atoms with Gasteiger partial charge < -0.3 is 9.13 Å². The van der Waals surface area contributed by atoms with E-state index in [2.05, 4.69) is 162 Å². The minimum absolute atomic E-state index is 1.09. The molecular formula is C36H20Br2N2S. The van der Waals surface area contributed by atoms with Crippen LogP contribution in [-0.4, -0.2) is 9.13 Å². The lowest BCUT2D eigenvalue weighted by Crippen LogP contribution is -1.92. The Labute approximate surface area is 256 Å². The number of thiophene rings is 1. The van der Waals surface area contributed by atoms with Crippen molar-refractivity contribution in [3.05, 3.63) is 130 Å². The average molecular weight is 672 g/mol. The Hall–Kier alpha value is -3.90. The molecule has 6 aromatic carbocycles. The second-order valence-corrected chi connectivity index (χ2v) is 13.4. The highest BCUT2D eigenvalue weighted by Crippen LogP contribution is 2.44. The van der Waals surface area contributed by atoms with Gasteiger partial charge in [-0.2, -0.15) is 0 Å². The van der Waals surface area contributed by atoms with Crippen molar-refractivity contribution >= 4 is 107 Å². The lowest BCUT2D eigenvalue weighted by molar-refractivity contribution is 1.18. The van der Waals surface area contributed by atoms with E-state index in [1.807, 2.05) is 11.3 Å². The molecule has 0 aliphatic rings. The van der Waals surface area contributed by atoms with Crippen molar-refractivity contribution in [1.29, 1.82) is 0 Å². The molecule has 194 valence electrons. The van der Waals surface area contributed by atoms with E-state index in [0.29, 0.717) is 0 Å². The highest BCUT2D eigenvalue weighted by atomic mass is 79.9. The SMILES string of the molecule is Brc1ccc2c(c1)c1cc3c(cc1n2-c1ccccc1)sc1cc2c(cc13)c1cc(Br)ccc1n2-c1ccccc1. The van der Waals surface area contributed by atoms with Crippen molar-refractivity contribution in [2.75, 3.05) is 0 Å². The maximum atomic E-state index is 3.73. The fraction of sp³-hybridized carbons (Fsp3) is 0. The fourth-order valence-electron chi connectivity index (χ4n) is 6.46. The zero-order valence-corrected chi connectivity index (χ0v) is 25.6. The summed E-state index contributed by atoms with van der Waals surface area (Å²) in [5.74, 6) is 0. The third-order valence-electron chi connectivity index (χ3n) is 8.20. The molecule has 2 nitrogen and oxygen atoms in total. The van der Waals surface area contributed by atoms with Crippen LogP contribution in [0.3, 0.4) is 0 Å². The van der Waals surface area contributed by atoms with Crippen LogP contribution < -0.4 is 0 Å². The Morgan fingerprint density at radius 3 is 1.24 bits per heavy atom. The number of hydrogen-bond donors (Lipinski definition) is 0. The second-order valence-electron chi connectivity index (χ2n) is 10.5. The van der Waals surface area contributed by atoms with Crippen molar-refractivity contribution in [1.82, 2.24) is 9.13 Å². The van der Waals surface area contributed by atoms with Gasteiger partial charge in [-0.05, 0) is 84.9 Å². The quantitative estimate of drug-likeness (QED) is 0.173. The van der Waals surface area contributed by atoms with E-state index in [4.69, 9.17) is 0 Å². The van der Waals surface area contributed by atoms with Gasteiger partial charge in [0.1, 0.15) is 0 Å². The molecule has 0 aliphatic carbocycles. The van der Waals surface area contributed by atoms with Gasteiger partial charge in [0.15, 0.2) is 0 Å². The Morgan fingerprint density at radius 2 is 0.805 bits per heavy atom. The van der Waals surface area contributed by atoms with E-state index in [1.54, 1.807) is 0 Å². The lowest BCUT2D eigenvalue weighted by atomic mass is 10.1. The fourth-order valence-corrected chi connectivity index (χ4v) is 8.31. The number of fused-ring (bicyclic) bond motifs is 9. The van der Waals surface area contributed by atoms with E-state index in [9.17, 15) is 0 Å². The van der Waals surface area contributed by atoms with Crippen LogP contribution in [0.2, 0.25) is 0 Å². The van der Waals surface area contributed by atoms with Gasteiger partial charge >= 0.3 is 0 Å². The first-order chi connectivity index (χ1) is 20.1. The van der Waals surface area contributed by atoms with Crippen molar-refractivity contribution in [3.63, 3.8) is 0 Å². The van der Waals surface area contributed by atoms with Crippen molar-refractivity contribution in [3.8, 4) is 11.4 Å². The summed E-state index contributed by atoms with van der Waals surface area (Å²) in [6.07, 6.45) is 0. The number of aromatic nitrogens is 2. The van der Waals surface area contributed by atoms with Gasteiger partial charge in [0.05, 0.1) is 22.1 Å². The molecule has 0 saturated carbocycles. The first-order valence-corrected chi connectivity index (χ1v) is 15.9. The molecule has 0 radical (unpaired) electrons. The third kappa shape index (κ3) is 3.46. The summed E-state index contributed by atoms with van der Waals surface area (Å²) in [5.41, 5.74) is 7.25. The molecule has 0 saturated heterocycles. The maximum Gasteiger partial charge on any atom is 0.0555 e. The number of halogens is 2. The number of benzene rings is 6. The molecular weight excluding hydrogens is 652 g/mol. The van der Waals surface area contributed by atoms with E-state index in [1.165, 1.54) is 75.2 Å². The molecule has 0 bridgehead atoms. The van der Waals surface area contributed by atoms with Crippen LogP contribution in [0.1, 0.15) is 0 Å². The monoisotopic (exact) mass is 670 g/mol. The predicted molar refractivity (Wildman–Crippen MR) is 183 cm³/mol. The smallest absolute Gasteiger partial charge is 0.0555 e. The Balaban J connectivity index is 1.42. The molecule has 0 unspecified atom stereocenters. The molecule has 3 heterocycles. The Bertz CT molecular complexity index is 2310. The van der Waals surface area contributed by atoms with E-state index in [-0.39, 0.29) is 0 Å². The van der Waals surface area contributed by atoms with Gasteiger partial charge in [-0.3, -0.25) is 0 Å². The first kappa shape index (κ1) is 23.8. The number of rotatable bonds is 2. The minimum atomic E-state index is 1.09. The summed E-state index contributed by atoms with van der Waals surface area (Å²) in [4.78, 5) is 0. The summed E-state index contributed by atoms with van der Waals surface area (Å²) < 4.78 is 9.58. The highest BCUT2D eigenvalue weighted by Gasteiger charge is 2.19. The summed E-state index contributed by atoms with van der Waals surface area (Å²) >= 11 is 9.34. The van der Waals surface area contributed by atoms with Gasteiger partial charge in [-0.1, -0.05) is 68.3 Å². The average Bonchev–Trinajstić information content (AvgIpc) is 3.62. The third-order valence-corrected chi connectivity index (χ3v) is 10.3. The van der Waals surface area contributed by atoms with Gasteiger partial charge in [0.2, 0.25) is 0 Å². The number of para-hydroxylation sites is 2. The van der Waals surface area contributed by atoms with Crippen molar-refractivity contribution in [2.45, 2.75) is 0 Å². The summed E-state index contributed by atoms with van der Waals surface area (Å²) in [7, 11) is 0. The summed E-state index contributed by atoms with van der Waals surface area (Å²) in [6, 6.07) is 44.2. The Kier molecular flexibility index (Phi) is 5.10. The number of hydrogen-bond acceptors (Lipinski definition) is 1. The zero-order chi connectivity index (χ0) is 27.2. The molecule has 3 aromatic heterocycles. The molecule has 41 heavy (non-hydrogen) atoms. The van der Waals surface area contributed by atoms with Crippen LogP contribution in [0, 0.1) is 0 Å². The molecule has 0 aliphatic heterocycles. The van der Waals surface area contributed by atoms with E-state index < -0.39 is 0 Å². The van der Waals surface area contributed by atoms with Crippen LogP contribution >= 0.6 is 43.2 Å². The largest absolute Gasteiger partial charge is 0.309 e. The summed E-state index contributed by atoms with van der Waals surface area (Å²) in [6.45, 7) is 0. The highest BCUT2D eigenvalue weighted by molar-refractivity contribution is 9.10. The second kappa shape index (κ2) is 8.80. The van der Waals surface area contributed by atoms with Crippen molar-refractivity contribution < 1.29 is 0 Å². The molecule has 0 fully saturated rings. The normalized spacial score (nSPS) is 12.1. The van der Waals surface area contributed by atoms with Gasteiger partial charge in [-0.25, -0.2) is 0 Å².